The number of carbonyl (C=O) groups is 2. The van der Waals surface area contributed by atoms with E-state index in [2.05, 4.69) is 4.98 Å². The summed E-state index contributed by atoms with van der Waals surface area (Å²) < 4.78 is 0. The maximum absolute atomic E-state index is 12.4. The summed E-state index contributed by atoms with van der Waals surface area (Å²) in [6.45, 7) is 4.74. The van der Waals surface area contributed by atoms with Gasteiger partial charge in [-0.3, -0.25) is 14.6 Å². The van der Waals surface area contributed by atoms with Gasteiger partial charge in [0, 0.05) is 25.0 Å². The van der Waals surface area contributed by atoms with Crippen molar-refractivity contribution in [3.05, 3.63) is 29.6 Å². The van der Waals surface area contributed by atoms with Crippen LogP contribution in [0.1, 0.15) is 35.8 Å². The van der Waals surface area contributed by atoms with Gasteiger partial charge < -0.3 is 10.6 Å². The van der Waals surface area contributed by atoms with Gasteiger partial charge in [0.2, 0.25) is 5.91 Å². The van der Waals surface area contributed by atoms with E-state index in [9.17, 15) is 9.59 Å². The fourth-order valence-electron chi connectivity index (χ4n) is 2.39. The maximum Gasteiger partial charge on any atom is 0.255 e. The van der Waals surface area contributed by atoms with Crippen molar-refractivity contribution >= 4 is 11.8 Å². The van der Waals surface area contributed by atoms with Crippen LogP contribution in [-0.4, -0.2) is 34.8 Å². The first-order valence-electron chi connectivity index (χ1n) is 6.44. The number of aromatic nitrogens is 1. The molecule has 5 nitrogen and oxygen atoms in total. The van der Waals surface area contributed by atoms with Crippen LogP contribution in [0.5, 0.6) is 0 Å². The molecular formula is C14H19N3O2. The standard InChI is InChI=1S/C14H19N3O2/c1-10-4-5-11(8-16-10)12(18)17-7-3-6-14(2,9-17)13(15)19/h4-5,8H,3,6-7,9H2,1-2H3,(H2,15,19). The van der Waals surface area contributed by atoms with Crippen molar-refractivity contribution < 1.29 is 9.59 Å². The van der Waals surface area contributed by atoms with Crippen LogP contribution in [0.4, 0.5) is 0 Å². The van der Waals surface area contributed by atoms with Gasteiger partial charge in [-0.2, -0.15) is 0 Å². The van der Waals surface area contributed by atoms with Gasteiger partial charge in [-0.05, 0) is 38.8 Å². The monoisotopic (exact) mass is 261 g/mol. The highest BCUT2D eigenvalue weighted by Gasteiger charge is 2.38. The zero-order valence-electron chi connectivity index (χ0n) is 11.3. The number of nitrogens with zero attached hydrogens (tertiary/aromatic N) is 2. The van der Waals surface area contributed by atoms with Gasteiger partial charge >= 0.3 is 0 Å². The van der Waals surface area contributed by atoms with Crippen LogP contribution in [0.2, 0.25) is 0 Å². The van der Waals surface area contributed by atoms with Gasteiger partial charge in [0.15, 0.2) is 0 Å². The Hall–Kier alpha value is -1.91. The Bertz CT molecular complexity index is 498. The van der Waals surface area contributed by atoms with Gasteiger partial charge in [-0.25, -0.2) is 0 Å². The molecule has 0 radical (unpaired) electrons. The number of amides is 2. The van der Waals surface area contributed by atoms with Crippen molar-refractivity contribution in [2.24, 2.45) is 11.1 Å². The molecule has 0 saturated carbocycles. The predicted molar refractivity (Wildman–Crippen MR) is 71.4 cm³/mol. The molecule has 1 atom stereocenters. The van der Waals surface area contributed by atoms with Crippen molar-refractivity contribution in [2.45, 2.75) is 26.7 Å². The Labute approximate surface area is 112 Å². The van der Waals surface area contributed by atoms with Crippen LogP contribution in [0.3, 0.4) is 0 Å². The molecule has 1 unspecified atom stereocenters. The molecule has 0 aromatic carbocycles. The van der Waals surface area contributed by atoms with E-state index in [4.69, 9.17) is 5.73 Å². The van der Waals surface area contributed by atoms with E-state index in [0.29, 0.717) is 18.7 Å². The van der Waals surface area contributed by atoms with Crippen LogP contribution in [-0.2, 0) is 4.79 Å². The maximum atomic E-state index is 12.4. The summed E-state index contributed by atoms with van der Waals surface area (Å²) in [6, 6.07) is 3.57. The van der Waals surface area contributed by atoms with Crippen molar-refractivity contribution in [3.8, 4) is 0 Å². The molecule has 0 aliphatic carbocycles. The second kappa shape index (κ2) is 4.99. The SMILES string of the molecule is Cc1ccc(C(=O)N2CCCC(C)(C(N)=O)C2)cn1. The van der Waals surface area contributed by atoms with Crippen LogP contribution in [0, 0.1) is 12.3 Å². The molecule has 2 N–H and O–H groups in total. The highest BCUT2D eigenvalue weighted by Crippen LogP contribution is 2.29. The first-order chi connectivity index (χ1) is 8.92. The summed E-state index contributed by atoms with van der Waals surface area (Å²) >= 11 is 0. The van der Waals surface area contributed by atoms with Crippen LogP contribution in [0.15, 0.2) is 18.3 Å². The van der Waals surface area contributed by atoms with Gasteiger partial charge in [0.25, 0.3) is 5.91 Å². The summed E-state index contributed by atoms with van der Waals surface area (Å²) in [6.07, 6.45) is 3.11. The van der Waals surface area contributed by atoms with E-state index in [1.807, 2.05) is 19.9 Å². The van der Waals surface area contributed by atoms with E-state index >= 15 is 0 Å². The van der Waals surface area contributed by atoms with E-state index in [1.54, 1.807) is 17.2 Å². The summed E-state index contributed by atoms with van der Waals surface area (Å²) in [7, 11) is 0. The zero-order chi connectivity index (χ0) is 14.0. The number of piperidine rings is 1. The molecule has 2 rings (SSSR count). The molecule has 5 heteroatoms. The lowest BCUT2D eigenvalue weighted by Gasteiger charge is -2.38. The molecule has 2 heterocycles. The average molecular weight is 261 g/mol. The number of likely N-dealkylation sites (tertiary alicyclic amines) is 1. The second-order valence-electron chi connectivity index (χ2n) is 5.44. The van der Waals surface area contributed by atoms with Gasteiger partial charge in [0.1, 0.15) is 0 Å². The molecule has 1 fully saturated rings. The molecule has 0 bridgehead atoms. The Balaban J connectivity index is 2.15. The molecule has 1 saturated heterocycles. The zero-order valence-corrected chi connectivity index (χ0v) is 11.3. The minimum absolute atomic E-state index is 0.0836. The van der Waals surface area contributed by atoms with Crippen LogP contribution < -0.4 is 5.73 Å². The highest BCUT2D eigenvalue weighted by molar-refractivity contribution is 5.94. The molecule has 19 heavy (non-hydrogen) atoms. The Morgan fingerprint density at radius 1 is 1.42 bits per heavy atom. The number of rotatable bonds is 2. The highest BCUT2D eigenvalue weighted by atomic mass is 16.2. The van der Waals surface area contributed by atoms with Gasteiger partial charge in [-0.1, -0.05) is 0 Å². The van der Waals surface area contributed by atoms with Crippen LogP contribution >= 0.6 is 0 Å². The van der Waals surface area contributed by atoms with Gasteiger partial charge in [0.05, 0.1) is 11.0 Å². The Morgan fingerprint density at radius 3 is 2.74 bits per heavy atom. The van der Waals surface area contributed by atoms with Crippen LogP contribution in [0.25, 0.3) is 0 Å². The third-order valence-electron chi connectivity index (χ3n) is 3.74. The number of pyridine rings is 1. The van der Waals surface area contributed by atoms with Crippen molar-refractivity contribution in [3.63, 3.8) is 0 Å². The molecular weight excluding hydrogens is 242 g/mol. The molecule has 0 spiro atoms. The summed E-state index contributed by atoms with van der Waals surface area (Å²) in [4.78, 5) is 29.7. The first kappa shape index (κ1) is 13.5. The van der Waals surface area contributed by atoms with Crippen molar-refractivity contribution in [2.75, 3.05) is 13.1 Å². The number of nitrogens with two attached hydrogens (primary N) is 1. The van der Waals surface area contributed by atoms with Crippen molar-refractivity contribution in [1.82, 2.24) is 9.88 Å². The molecule has 1 aromatic rings. The number of primary amides is 1. The average Bonchev–Trinajstić information content (AvgIpc) is 2.39. The lowest BCUT2D eigenvalue weighted by Crippen LogP contribution is -2.50. The lowest BCUT2D eigenvalue weighted by molar-refractivity contribution is -0.129. The minimum Gasteiger partial charge on any atom is -0.369 e. The summed E-state index contributed by atoms with van der Waals surface area (Å²) in [5.74, 6) is -0.424. The Kier molecular flexibility index (Phi) is 3.55. The molecule has 1 aliphatic heterocycles. The smallest absolute Gasteiger partial charge is 0.255 e. The van der Waals surface area contributed by atoms with E-state index in [-0.39, 0.29) is 11.8 Å². The largest absolute Gasteiger partial charge is 0.369 e. The number of hydrogen-bond acceptors (Lipinski definition) is 3. The predicted octanol–water partition coefficient (Wildman–Crippen LogP) is 1.12. The first-order valence-corrected chi connectivity index (χ1v) is 6.44. The minimum atomic E-state index is -0.619. The normalized spacial score (nSPS) is 23.2. The second-order valence-corrected chi connectivity index (χ2v) is 5.44. The van der Waals surface area contributed by atoms with E-state index in [0.717, 1.165) is 18.5 Å². The van der Waals surface area contributed by atoms with Crippen molar-refractivity contribution in [1.29, 1.82) is 0 Å². The third kappa shape index (κ3) is 2.75. The Morgan fingerprint density at radius 2 is 2.16 bits per heavy atom. The summed E-state index contributed by atoms with van der Waals surface area (Å²) in [5.41, 5.74) is 6.24. The topological polar surface area (TPSA) is 76.3 Å². The molecule has 1 aliphatic rings. The lowest BCUT2D eigenvalue weighted by atomic mass is 9.81. The molecule has 102 valence electrons. The van der Waals surface area contributed by atoms with E-state index < -0.39 is 5.41 Å². The quantitative estimate of drug-likeness (QED) is 0.866. The fourth-order valence-corrected chi connectivity index (χ4v) is 2.39. The summed E-state index contributed by atoms with van der Waals surface area (Å²) in [5, 5.41) is 0. The number of carbonyl (C=O) groups excluding carboxylic acids is 2. The number of aryl methyl sites for hydroxylation is 1. The molecule has 2 amide bonds. The molecule has 1 aromatic heterocycles. The van der Waals surface area contributed by atoms with E-state index in [1.165, 1.54) is 0 Å². The number of hydrogen-bond donors (Lipinski definition) is 1. The van der Waals surface area contributed by atoms with Gasteiger partial charge in [-0.15, -0.1) is 0 Å². The fraction of sp³-hybridized carbons (Fsp3) is 0.500. The third-order valence-corrected chi connectivity index (χ3v) is 3.74.